The van der Waals surface area contributed by atoms with E-state index in [1.807, 2.05) is 11.8 Å². The van der Waals surface area contributed by atoms with Gasteiger partial charge in [0.05, 0.1) is 5.69 Å². The lowest BCUT2D eigenvalue weighted by atomic mass is 10.0. The number of aromatic nitrogens is 1. The highest BCUT2D eigenvalue weighted by Gasteiger charge is 2.21. The number of aryl methyl sites for hydroxylation is 1. The van der Waals surface area contributed by atoms with Gasteiger partial charge in [0.15, 0.2) is 0 Å². The largest absolute Gasteiger partial charge is 0.316 e. The van der Waals surface area contributed by atoms with Crippen molar-refractivity contribution in [1.82, 2.24) is 10.3 Å². The average Bonchev–Trinajstić information content (AvgIpc) is 2.56. The summed E-state index contributed by atoms with van der Waals surface area (Å²) in [6.07, 6.45) is 3.43. The summed E-state index contributed by atoms with van der Waals surface area (Å²) in [7, 11) is 0. The van der Waals surface area contributed by atoms with Gasteiger partial charge in [-0.3, -0.25) is 4.98 Å². The normalized spacial score (nSPS) is 19.5. The zero-order valence-corrected chi connectivity index (χ0v) is 9.91. The molecule has 0 spiro atoms. The number of hydrogen-bond donors (Lipinski definition) is 1. The van der Waals surface area contributed by atoms with Crippen molar-refractivity contribution in [3.8, 4) is 0 Å². The summed E-state index contributed by atoms with van der Waals surface area (Å²) in [4.78, 5) is 6.34. The van der Waals surface area contributed by atoms with Gasteiger partial charge >= 0.3 is 0 Å². The van der Waals surface area contributed by atoms with Crippen molar-refractivity contribution in [3.05, 3.63) is 22.5 Å². The van der Waals surface area contributed by atoms with Gasteiger partial charge in [0.25, 0.3) is 0 Å². The van der Waals surface area contributed by atoms with Crippen LogP contribution in [0.2, 0.25) is 0 Å². The van der Waals surface area contributed by atoms with Crippen LogP contribution in [0.5, 0.6) is 0 Å². The molecule has 3 rings (SSSR count). The molecule has 0 bridgehead atoms. The van der Waals surface area contributed by atoms with E-state index in [1.165, 1.54) is 39.6 Å². The third-order valence-electron chi connectivity index (χ3n) is 3.35. The summed E-state index contributed by atoms with van der Waals surface area (Å²) in [5.74, 6) is 1.23. The van der Waals surface area contributed by atoms with Crippen molar-refractivity contribution in [2.45, 2.75) is 31.1 Å². The van der Waals surface area contributed by atoms with Crippen LogP contribution in [0.4, 0.5) is 0 Å². The Kier molecular flexibility index (Phi) is 2.45. The SMILES string of the molecule is Cc1c2c(nc3c1SCC3)CCNCC2. The molecular weight excluding hydrogens is 204 g/mol. The van der Waals surface area contributed by atoms with Crippen LogP contribution in [-0.4, -0.2) is 23.8 Å². The van der Waals surface area contributed by atoms with E-state index in [-0.39, 0.29) is 0 Å². The number of pyridine rings is 1. The Morgan fingerprint density at radius 3 is 2.93 bits per heavy atom. The van der Waals surface area contributed by atoms with Gasteiger partial charge in [0, 0.05) is 35.7 Å². The molecule has 1 N–H and O–H groups in total. The second kappa shape index (κ2) is 3.80. The highest BCUT2D eigenvalue weighted by atomic mass is 32.2. The van der Waals surface area contributed by atoms with E-state index in [9.17, 15) is 0 Å². The molecule has 1 aromatic heterocycles. The van der Waals surface area contributed by atoms with Crippen LogP contribution in [-0.2, 0) is 19.3 Å². The predicted molar refractivity (Wildman–Crippen MR) is 63.7 cm³/mol. The van der Waals surface area contributed by atoms with Crippen LogP contribution >= 0.6 is 11.8 Å². The molecule has 3 heteroatoms. The predicted octanol–water partition coefficient (Wildman–Crippen LogP) is 1.73. The van der Waals surface area contributed by atoms with E-state index >= 15 is 0 Å². The second-order valence-corrected chi connectivity index (χ2v) is 5.39. The number of thioether (sulfide) groups is 1. The van der Waals surface area contributed by atoms with Crippen molar-refractivity contribution >= 4 is 11.8 Å². The number of nitrogens with zero attached hydrogens (tertiary/aromatic N) is 1. The lowest BCUT2D eigenvalue weighted by Gasteiger charge is -2.12. The molecule has 0 aromatic carbocycles. The van der Waals surface area contributed by atoms with Gasteiger partial charge in [-0.25, -0.2) is 0 Å². The van der Waals surface area contributed by atoms with Crippen LogP contribution in [0, 0.1) is 6.92 Å². The molecule has 0 aliphatic carbocycles. The quantitative estimate of drug-likeness (QED) is 0.721. The molecule has 0 saturated heterocycles. The van der Waals surface area contributed by atoms with E-state index < -0.39 is 0 Å². The Bertz CT molecular complexity index is 401. The standard InChI is InChI=1S/C12H16N2S/c1-8-9-2-5-13-6-3-10(9)14-11-4-7-15-12(8)11/h13H,2-7H2,1H3. The zero-order chi connectivity index (χ0) is 10.3. The van der Waals surface area contributed by atoms with E-state index in [0.717, 1.165) is 25.9 Å². The lowest BCUT2D eigenvalue weighted by molar-refractivity contribution is 0.707. The molecule has 2 nitrogen and oxygen atoms in total. The second-order valence-electron chi connectivity index (χ2n) is 4.29. The summed E-state index contributed by atoms with van der Waals surface area (Å²) in [5, 5.41) is 3.45. The first-order valence-electron chi connectivity index (χ1n) is 5.71. The Balaban J connectivity index is 2.15. The number of fused-ring (bicyclic) bond motifs is 2. The summed E-state index contributed by atoms with van der Waals surface area (Å²) in [5.41, 5.74) is 5.76. The highest BCUT2D eigenvalue weighted by molar-refractivity contribution is 7.99. The van der Waals surface area contributed by atoms with E-state index in [1.54, 1.807) is 0 Å². The van der Waals surface area contributed by atoms with Crippen LogP contribution in [0.3, 0.4) is 0 Å². The van der Waals surface area contributed by atoms with Gasteiger partial charge in [-0.2, -0.15) is 0 Å². The molecule has 2 aliphatic rings. The Hall–Kier alpha value is -0.540. The smallest absolute Gasteiger partial charge is 0.0553 e. The monoisotopic (exact) mass is 220 g/mol. The molecule has 0 fully saturated rings. The molecule has 1 aromatic rings. The first-order chi connectivity index (χ1) is 7.36. The molecule has 0 unspecified atom stereocenters. The minimum absolute atomic E-state index is 1.09. The molecule has 0 atom stereocenters. The minimum atomic E-state index is 1.09. The van der Waals surface area contributed by atoms with Crippen LogP contribution in [0.25, 0.3) is 0 Å². The first kappa shape index (κ1) is 9.67. The van der Waals surface area contributed by atoms with Crippen LogP contribution in [0.15, 0.2) is 4.90 Å². The lowest BCUT2D eigenvalue weighted by Crippen LogP contribution is -2.16. The fraction of sp³-hybridized carbons (Fsp3) is 0.583. The maximum Gasteiger partial charge on any atom is 0.0553 e. The molecular formula is C12H16N2S. The average molecular weight is 220 g/mol. The van der Waals surface area contributed by atoms with E-state index in [0.29, 0.717) is 0 Å². The Morgan fingerprint density at radius 2 is 2.00 bits per heavy atom. The van der Waals surface area contributed by atoms with E-state index in [2.05, 4.69) is 12.2 Å². The van der Waals surface area contributed by atoms with Crippen molar-refractivity contribution in [1.29, 1.82) is 0 Å². The van der Waals surface area contributed by atoms with Gasteiger partial charge in [-0.1, -0.05) is 0 Å². The third kappa shape index (κ3) is 1.58. The van der Waals surface area contributed by atoms with E-state index in [4.69, 9.17) is 4.98 Å². The maximum atomic E-state index is 4.85. The summed E-state index contributed by atoms with van der Waals surface area (Å²) in [6.45, 7) is 4.48. The molecule has 15 heavy (non-hydrogen) atoms. The van der Waals surface area contributed by atoms with Gasteiger partial charge in [0.1, 0.15) is 0 Å². The Morgan fingerprint density at radius 1 is 1.13 bits per heavy atom. The zero-order valence-electron chi connectivity index (χ0n) is 9.10. The first-order valence-corrected chi connectivity index (χ1v) is 6.69. The number of nitrogens with one attached hydrogen (secondary N) is 1. The molecule has 0 amide bonds. The molecule has 2 aliphatic heterocycles. The van der Waals surface area contributed by atoms with Gasteiger partial charge in [-0.05, 0) is 31.0 Å². The fourth-order valence-corrected chi connectivity index (χ4v) is 3.70. The number of rotatable bonds is 0. The van der Waals surface area contributed by atoms with Crippen molar-refractivity contribution in [3.63, 3.8) is 0 Å². The summed E-state index contributed by atoms with van der Waals surface area (Å²) >= 11 is 1.99. The van der Waals surface area contributed by atoms with Crippen molar-refractivity contribution in [2.75, 3.05) is 18.8 Å². The maximum absolute atomic E-state index is 4.85. The molecule has 0 saturated carbocycles. The fourth-order valence-electron chi connectivity index (χ4n) is 2.55. The molecule has 0 radical (unpaired) electrons. The topological polar surface area (TPSA) is 24.9 Å². The highest BCUT2D eigenvalue weighted by Crippen LogP contribution is 2.35. The number of hydrogen-bond acceptors (Lipinski definition) is 3. The molecule has 3 heterocycles. The van der Waals surface area contributed by atoms with Crippen LogP contribution < -0.4 is 5.32 Å². The summed E-state index contributed by atoms with van der Waals surface area (Å²) in [6, 6.07) is 0. The third-order valence-corrected chi connectivity index (χ3v) is 4.59. The van der Waals surface area contributed by atoms with Gasteiger partial charge in [0.2, 0.25) is 0 Å². The minimum Gasteiger partial charge on any atom is -0.316 e. The van der Waals surface area contributed by atoms with Crippen molar-refractivity contribution in [2.24, 2.45) is 0 Å². The van der Waals surface area contributed by atoms with Gasteiger partial charge < -0.3 is 5.32 Å². The Labute approximate surface area is 94.9 Å². The molecule has 80 valence electrons. The van der Waals surface area contributed by atoms with Crippen molar-refractivity contribution < 1.29 is 0 Å². The van der Waals surface area contributed by atoms with Crippen LogP contribution in [0.1, 0.15) is 22.5 Å². The van der Waals surface area contributed by atoms with Gasteiger partial charge in [-0.15, -0.1) is 11.8 Å². The summed E-state index contributed by atoms with van der Waals surface area (Å²) < 4.78 is 0.